The number of aromatic amines is 1. The maximum Gasteiger partial charge on any atom is 0.106 e. The molecule has 114 valence electrons. The van der Waals surface area contributed by atoms with Crippen molar-refractivity contribution in [2.45, 2.75) is 19.4 Å². The van der Waals surface area contributed by atoms with Gasteiger partial charge in [-0.2, -0.15) is 0 Å². The van der Waals surface area contributed by atoms with Crippen LogP contribution in [0.4, 0.5) is 0 Å². The highest BCUT2D eigenvalue weighted by molar-refractivity contribution is 5.76. The Morgan fingerprint density at radius 3 is 2.70 bits per heavy atom. The van der Waals surface area contributed by atoms with E-state index in [1.165, 1.54) is 11.1 Å². The normalized spacial score (nSPS) is 12.6. The standard InChI is InChI=1S/C19H18N4/c1-2-18-21-16-9-8-15(12-17(16)22-18)19(23-11-10-20-13-23)14-6-4-3-5-7-14/h3-13,19H,2H2,1H3,(H,21,22). The Bertz CT molecular complexity index is 907. The monoisotopic (exact) mass is 302 g/mol. The second-order valence-corrected chi connectivity index (χ2v) is 5.64. The first-order chi connectivity index (χ1) is 11.3. The maximum absolute atomic E-state index is 4.59. The molecule has 4 aromatic rings. The maximum atomic E-state index is 4.59. The van der Waals surface area contributed by atoms with E-state index in [0.29, 0.717) is 0 Å². The van der Waals surface area contributed by atoms with E-state index in [4.69, 9.17) is 0 Å². The van der Waals surface area contributed by atoms with Crippen molar-refractivity contribution in [3.63, 3.8) is 0 Å². The lowest BCUT2D eigenvalue weighted by molar-refractivity contribution is 0.677. The molecule has 4 heteroatoms. The van der Waals surface area contributed by atoms with Crippen molar-refractivity contribution in [3.05, 3.63) is 84.2 Å². The van der Waals surface area contributed by atoms with Crippen LogP contribution in [-0.2, 0) is 6.42 Å². The summed E-state index contributed by atoms with van der Waals surface area (Å²) in [4.78, 5) is 12.2. The van der Waals surface area contributed by atoms with Gasteiger partial charge in [0.25, 0.3) is 0 Å². The van der Waals surface area contributed by atoms with Crippen LogP contribution in [0.3, 0.4) is 0 Å². The molecule has 1 atom stereocenters. The van der Waals surface area contributed by atoms with Crippen molar-refractivity contribution >= 4 is 11.0 Å². The topological polar surface area (TPSA) is 46.5 Å². The molecular weight excluding hydrogens is 284 g/mol. The first-order valence-electron chi connectivity index (χ1n) is 7.86. The number of aromatic nitrogens is 4. The molecule has 23 heavy (non-hydrogen) atoms. The summed E-state index contributed by atoms with van der Waals surface area (Å²) >= 11 is 0. The largest absolute Gasteiger partial charge is 0.342 e. The molecule has 2 aromatic heterocycles. The Balaban J connectivity index is 1.86. The van der Waals surface area contributed by atoms with Gasteiger partial charge in [-0.3, -0.25) is 0 Å². The zero-order valence-electron chi connectivity index (χ0n) is 13.0. The molecule has 0 saturated carbocycles. The summed E-state index contributed by atoms with van der Waals surface area (Å²) in [5, 5.41) is 0. The Kier molecular flexibility index (Phi) is 3.42. The minimum absolute atomic E-state index is 0.108. The summed E-state index contributed by atoms with van der Waals surface area (Å²) in [6.45, 7) is 2.11. The molecule has 0 bridgehead atoms. The number of imidazole rings is 2. The molecule has 0 spiro atoms. The van der Waals surface area contributed by atoms with Crippen LogP contribution in [0.15, 0.2) is 67.3 Å². The highest BCUT2D eigenvalue weighted by atomic mass is 15.1. The van der Waals surface area contributed by atoms with Crippen LogP contribution in [-0.4, -0.2) is 19.5 Å². The van der Waals surface area contributed by atoms with Gasteiger partial charge in [0.1, 0.15) is 5.82 Å². The van der Waals surface area contributed by atoms with Crippen molar-refractivity contribution in [1.29, 1.82) is 0 Å². The summed E-state index contributed by atoms with van der Waals surface area (Å²) in [6, 6.07) is 17.0. The van der Waals surface area contributed by atoms with Crippen LogP contribution < -0.4 is 0 Å². The summed E-state index contributed by atoms with van der Waals surface area (Å²) in [7, 11) is 0. The number of hydrogen-bond acceptors (Lipinski definition) is 2. The van der Waals surface area contributed by atoms with E-state index in [9.17, 15) is 0 Å². The number of H-pyrrole nitrogens is 1. The molecule has 0 amide bonds. The van der Waals surface area contributed by atoms with Gasteiger partial charge in [-0.15, -0.1) is 0 Å². The fraction of sp³-hybridized carbons (Fsp3) is 0.158. The number of nitrogens with one attached hydrogen (secondary N) is 1. The number of hydrogen-bond donors (Lipinski definition) is 1. The van der Waals surface area contributed by atoms with Crippen LogP contribution in [0, 0.1) is 0 Å². The quantitative estimate of drug-likeness (QED) is 0.620. The third-order valence-corrected chi connectivity index (χ3v) is 4.14. The number of fused-ring (bicyclic) bond motifs is 1. The van der Waals surface area contributed by atoms with Crippen molar-refractivity contribution < 1.29 is 0 Å². The average Bonchev–Trinajstić information content (AvgIpc) is 3.25. The van der Waals surface area contributed by atoms with Crippen LogP contribution >= 0.6 is 0 Å². The third-order valence-electron chi connectivity index (χ3n) is 4.14. The van der Waals surface area contributed by atoms with Crippen LogP contribution in [0.25, 0.3) is 11.0 Å². The summed E-state index contributed by atoms with van der Waals surface area (Å²) < 4.78 is 2.13. The van der Waals surface area contributed by atoms with Crippen molar-refractivity contribution in [3.8, 4) is 0 Å². The van der Waals surface area contributed by atoms with Gasteiger partial charge in [-0.25, -0.2) is 9.97 Å². The molecule has 0 saturated heterocycles. The Hall–Kier alpha value is -2.88. The molecule has 2 aromatic carbocycles. The van der Waals surface area contributed by atoms with Crippen LogP contribution in [0.5, 0.6) is 0 Å². The Morgan fingerprint density at radius 1 is 1.09 bits per heavy atom. The van der Waals surface area contributed by atoms with E-state index < -0.39 is 0 Å². The zero-order chi connectivity index (χ0) is 15.6. The number of aryl methyl sites for hydroxylation is 1. The molecule has 0 aliphatic heterocycles. The van der Waals surface area contributed by atoms with Gasteiger partial charge < -0.3 is 9.55 Å². The van der Waals surface area contributed by atoms with E-state index in [0.717, 1.165) is 23.3 Å². The molecule has 1 unspecified atom stereocenters. The van der Waals surface area contributed by atoms with Gasteiger partial charge in [-0.1, -0.05) is 43.3 Å². The van der Waals surface area contributed by atoms with Crippen molar-refractivity contribution in [2.24, 2.45) is 0 Å². The first kappa shape index (κ1) is 13.8. The molecule has 0 radical (unpaired) electrons. The summed E-state index contributed by atoms with van der Waals surface area (Å²) in [5.74, 6) is 1.02. The van der Waals surface area contributed by atoms with Gasteiger partial charge in [0, 0.05) is 18.8 Å². The fourth-order valence-electron chi connectivity index (χ4n) is 3.01. The minimum atomic E-state index is 0.108. The molecule has 4 nitrogen and oxygen atoms in total. The van der Waals surface area contributed by atoms with E-state index in [1.54, 1.807) is 0 Å². The second-order valence-electron chi connectivity index (χ2n) is 5.64. The predicted molar refractivity (Wildman–Crippen MR) is 91.4 cm³/mol. The highest BCUT2D eigenvalue weighted by Crippen LogP contribution is 2.28. The molecule has 0 fully saturated rings. The number of rotatable bonds is 4. The van der Waals surface area contributed by atoms with E-state index in [2.05, 4.69) is 68.9 Å². The van der Waals surface area contributed by atoms with Crippen LogP contribution in [0.2, 0.25) is 0 Å². The number of nitrogens with zero attached hydrogens (tertiary/aromatic N) is 3. The smallest absolute Gasteiger partial charge is 0.106 e. The second kappa shape index (κ2) is 5.72. The Labute approximate surface area is 134 Å². The molecule has 4 rings (SSSR count). The summed E-state index contributed by atoms with van der Waals surface area (Å²) in [5.41, 5.74) is 4.55. The van der Waals surface area contributed by atoms with E-state index in [-0.39, 0.29) is 6.04 Å². The molecule has 0 aliphatic rings. The van der Waals surface area contributed by atoms with Crippen LogP contribution in [0.1, 0.15) is 29.9 Å². The molecule has 1 N–H and O–H groups in total. The molecule has 2 heterocycles. The van der Waals surface area contributed by atoms with Gasteiger partial charge in [-0.05, 0) is 23.3 Å². The lowest BCUT2D eigenvalue weighted by Gasteiger charge is -2.19. The third kappa shape index (κ3) is 2.52. The fourth-order valence-corrected chi connectivity index (χ4v) is 3.01. The van der Waals surface area contributed by atoms with Gasteiger partial charge in [0.15, 0.2) is 0 Å². The Morgan fingerprint density at radius 2 is 1.96 bits per heavy atom. The van der Waals surface area contributed by atoms with E-state index in [1.807, 2.05) is 24.8 Å². The van der Waals surface area contributed by atoms with E-state index >= 15 is 0 Å². The van der Waals surface area contributed by atoms with Crippen molar-refractivity contribution in [1.82, 2.24) is 19.5 Å². The summed E-state index contributed by atoms with van der Waals surface area (Å²) in [6.07, 6.45) is 6.60. The van der Waals surface area contributed by atoms with Gasteiger partial charge >= 0.3 is 0 Å². The zero-order valence-corrected chi connectivity index (χ0v) is 13.0. The predicted octanol–water partition coefficient (Wildman–Crippen LogP) is 3.96. The van der Waals surface area contributed by atoms with Crippen molar-refractivity contribution in [2.75, 3.05) is 0 Å². The van der Waals surface area contributed by atoms with Gasteiger partial charge in [0.05, 0.1) is 23.4 Å². The average molecular weight is 302 g/mol. The number of benzene rings is 2. The van der Waals surface area contributed by atoms with Gasteiger partial charge in [0.2, 0.25) is 0 Å². The lowest BCUT2D eigenvalue weighted by Crippen LogP contribution is -2.10. The molecular formula is C19H18N4. The first-order valence-corrected chi connectivity index (χ1v) is 7.86. The lowest BCUT2D eigenvalue weighted by atomic mass is 9.98. The SMILES string of the molecule is CCc1nc2ccc(C(c3ccccc3)n3ccnc3)cc2[nH]1. The highest BCUT2D eigenvalue weighted by Gasteiger charge is 2.16. The minimum Gasteiger partial charge on any atom is -0.342 e. The molecule has 0 aliphatic carbocycles.